The van der Waals surface area contributed by atoms with Gasteiger partial charge < -0.3 is 18.0 Å². The van der Waals surface area contributed by atoms with Gasteiger partial charge >= 0.3 is 12.1 Å². The number of ether oxygens (including phenoxy) is 1. The molecule has 1 saturated heterocycles. The van der Waals surface area contributed by atoms with E-state index in [2.05, 4.69) is 25.3 Å². The Kier molecular flexibility index (Phi) is 6.07. The molecule has 2 heterocycles. The van der Waals surface area contributed by atoms with Crippen LogP contribution in [0.3, 0.4) is 0 Å². The summed E-state index contributed by atoms with van der Waals surface area (Å²) < 4.78 is 10.0. The SMILES string of the molecule is CC1(Nc2ncc(C(=O)OI)cn2)CCN(C(=O)OC(C)(C)C)CC1. The van der Waals surface area contributed by atoms with Crippen molar-refractivity contribution in [3.8, 4) is 0 Å². The third-order valence-corrected chi connectivity index (χ3v) is 4.29. The standard InChI is InChI=1S/C16H23IN4O4/c1-15(2,3)24-14(23)21-7-5-16(4,6-8-21)20-13-18-9-11(10-19-13)12(22)25-17/h9-10H,5-8H2,1-4H3,(H,18,19,20). The minimum atomic E-state index is -0.495. The zero-order chi connectivity index (χ0) is 18.7. The van der Waals surface area contributed by atoms with Crippen LogP contribution in [0.2, 0.25) is 0 Å². The molecule has 0 aliphatic carbocycles. The third kappa shape index (κ3) is 5.68. The normalized spacial score (nSPS) is 16.9. The zero-order valence-corrected chi connectivity index (χ0v) is 17.0. The lowest BCUT2D eigenvalue weighted by atomic mass is 9.90. The number of hydrogen-bond acceptors (Lipinski definition) is 7. The van der Waals surface area contributed by atoms with Gasteiger partial charge in [0.15, 0.2) is 23.0 Å². The Morgan fingerprint density at radius 2 is 1.80 bits per heavy atom. The van der Waals surface area contributed by atoms with Gasteiger partial charge in [0.2, 0.25) is 5.95 Å². The first-order valence-corrected chi connectivity index (χ1v) is 8.91. The summed E-state index contributed by atoms with van der Waals surface area (Å²) in [5.41, 5.74) is -0.431. The third-order valence-electron chi connectivity index (χ3n) is 3.89. The highest BCUT2D eigenvalue weighted by atomic mass is 127. The molecule has 2 rings (SSSR count). The molecule has 9 heteroatoms. The van der Waals surface area contributed by atoms with Gasteiger partial charge in [-0.25, -0.2) is 19.6 Å². The highest BCUT2D eigenvalue weighted by Gasteiger charge is 2.34. The molecule has 0 aromatic carbocycles. The van der Waals surface area contributed by atoms with Gasteiger partial charge in [0.05, 0.1) is 5.56 Å². The van der Waals surface area contributed by atoms with Crippen LogP contribution in [0.1, 0.15) is 50.9 Å². The first-order chi connectivity index (χ1) is 11.6. The van der Waals surface area contributed by atoms with Crippen molar-refractivity contribution in [2.24, 2.45) is 0 Å². The van der Waals surface area contributed by atoms with E-state index < -0.39 is 11.6 Å². The first kappa shape index (κ1) is 19.7. The second-order valence-corrected chi connectivity index (χ2v) is 7.75. The van der Waals surface area contributed by atoms with Crippen molar-refractivity contribution in [2.75, 3.05) is 18.4 Å². The van der Waals surface area contributed by atoms with Crippen LogP contribution in [-0.4, -0.2) is 51.2 Å². The maximum atomic E-state index is 12.1. The summed E-state index contributed by atoms with van der Waals surface area (Å²) in [4.78, 5) is 33.6. The number of nitrogens with one attached hydrogen (secondary N) is 1. The van der Waals surface area contributed by atoms with Gasteiger partial charge in [-0.15, -0.1) is 0 Å². The minimum Gasteiger partial charge on any atom is -0.444 e. The Bertz CT molecular complexity index is 622. The molecule has 25 heavy (non-hydrogen) atoms. The number of rotatable bonds is 3. The number of hydrogen-bond donors (Lipinski definition) is 1. The molecule has 1 aromatic rings. The summed E-state index contributed by atoms with van der Waals surface area (Å²) in [6.07, 6.45) is 4.05. The van der Waals surface area contributed by atoms with E-state index in [-0.39, 0.29) is 11.6 Å². The predicted octanol–water partition coefficient (Wildman–Crippen LogP) is 3.18. The Labute approximate surface area is 161 Å². The van der Waals surface area contributed by atoms with Gasteiger partial charge in [0.1, 0.15) is 5.60 Å². The number of halogens is 1. The maximum absolute atomic E-state index is 12.1. The molecular formula is C16H23IN4O4. The number of aromatic nitrogens is 2. The summed E-state index contributed by atoms with van der Waals surface area (Å²) in [5, 5.41) is 3.29. The topological polar surface area (TPSA) is 93.6 Å². The van der Waals surface area contributed by atoms with Crippen LogP contribution in [0.4, 0.5) is 10.7 Å². The Balaban J connectivity index is 1.92. The van der Waals surface area contributed by atoms with Crippen molar-refractivity contribution < 1.29 is 17.4 Å². The summed E-state index contributed by atoms with van der Waals surface area (Å²) in [7, 11) is 0. The fraction of sp³-hybridized carbons (Fsp3) is 0.625. The summed E-state index contributed by atoms with van der Waals surface area (Å²) in [6.45, 7) is 8.82. The molecule has 0 spiro atoms. The van der Waals surface area contributed by atoms with Crippen LogP contribution in [0.15, 0.2) is 12.4 Å². The molecule has 1 aromatic heterocycles. The Morgan fingerprint density at radius 1 is 1.24 bits per heavy atom. The van der Waals surface area contributed by atoms with Crippen LogP contribution in [0, 0.1) is 0 Å². The second-order valence-electron chi connectivity index (χ2n) is 7.31. The number of nitrogens with zero attached hydrogens (tertiary/aromatic N) is 3. The van der Waals surface area contributed by atoms with Crippen LogP contribution < -0.4 is 5.32 Å². The van der Waals surface area contributed by atoms with E-state index in [9.17, 15) is 9.59 Å². The average Bonchev–Trinajstić information content (AvgIpc) is 2.53. The highest BCUT2D eigenvalue weighted by Crippen LogP contribution is 2.26. The largest absolute Gasteiger partial charge is 0.444 e. The van der Waals surface area contributed by atoms with Crippen molar-refractivity contribution in [3.63, 3.8) is 0 Å². The van der Waals surface area contributed by atoms with E-state index in [1.54, 1.807) is 4.90 Å². The molecule has 0 radical (unpaired) electrons. The molecule has 1 amide bonds. The van der Waals surface area contributed by atoms with Crippen molar-refractivity contribution >= 4 is 41.0 Å². The summed E-state index contributed by atoms with van der Waals surface area (Å²) in [5.74, 6) is -0.0396. The minimum absolute atomic E-state index is 0.232. The average molecular weight is 462 g/mol. The van der Waals surface area contributed by atoms with Gasteiger partial charge in [-0.1, -0.05) is 0 Å². The molecule has 0 saturated carbocycles. The Morgan fingerprint density at radius 3 is 2.28 bits per heavy atom. The lowest BCUT2D eigenvalue weighted by Crippen LogP contribution is -2.50. The molecule has 0 bridgehead atoms. The van der Waals surface area contributed by atoms with Gasteiger partial charge in [-0.05, 0) is 40.5 Å². The molecule has 1 aliphatic heterocycles. The van der Waals surface area contributed by atoms with Gasteiger partial charge in [-0.3, -0.25) is 0 Å². The monoisotopic (exact) mass is 462 g/mol. The Hall–Kier alpha value is -1.65. The van der Waals surface area contributed by atoms with Gasteiger partial charge in [-0.2, -0.15) is 0 Å². The highest BCUT2D eigenvalue weighted by molar-refractivity contribution is 14.1. The van der Waals surface area contributed by atoms with E-state index in [4.69, 9.17) is 4.74 Å². The van der Waals surface area contributed by atoms with E-state index in [0.717, 1.165) is 12.8 Å². The van der Waals surface area contributed by atoms with Crippen molar-refractivity contribution in [3.05, 3.63) is 18.0 Å². The van der Waals surface area contributed by atoms with Gasteiger partial charge in [0, 0.05) is 31.0 Å². The molecule has 1 aliphatic rings. The number of carbonyl (C=O) groups is 2. The van der Waals surface area contributed by atoms with Crippen LogP contribution in [0.25, 0.3) is 0 Å². The molecule has 0 unspecified atom stereocenters. The van der Waals surface area contributed by atoms with Crippen LogP contribution in [-0.2, 0) is 7.80 Å². The summed E-state index contributed by atoms with van der Waals surface area (Å²) in [6, 6.07) is 0. The predicted molar refractivity (Wildman–Crippen MR) is 101 cm³/mol. The zero-order valence-electron chi connectivity index (χ0n) is 14.8. The number of anilines is 1. The molecule has 1 N–H and O–H groups in total. The number of likely N-dealkylation sites (tertiary alicyclic amines) is 1. The van der Waals surface area contributed by atoms with Crippen molar-refractivity contribution in [2.45, 2.75) is 51.7 Å². The maximum Gasteiger partial charge on any atom is 0.410 e. The quantitative estimate of drug-likeness (QED) is 0.690. The lowest BCUT2D eigenvalue weighted by Gasteiger charge is -2.40. The van der Waals surface area contributed by atoms with Crippen LogP contribution in [0.5, 0.6) is 0 Å². The van der Waals surface area contributed by atoms with Gasteiger partial charge in [0.25, 0.3) is 0 Å². The smallest absolute Gasteiger partial charge is 0.410 e. The van der Waals surface area contributed by atoms with Crippen LogP contribution >= 0.6 is 23.0 Å². The number of piperidine rings is 1. The molecule has 8 nitrogen and oxygen atoms in total. The lowest BCUT2D eigenvalue weighted by molar-refractivity contribution is 0.0184. The fourth-order valence-electron chi connectivity index (χ4n) is 2.45. The molecule has 0 atom stereocenters. The molecule has 138 valence electrons. The van der Waals surface area contributed by atoms with E-state index in [0.29, 0.717) is 24.6 Å². The number of carbonyl (C=O) groups excluding carboxylic acids is 2. The van der Waals surface area contributed by atoms with E-state index in [1.807, 2.05) is 20.8 Å². The van der Waals surface area contributed by atoms with Crippen molar-refractivity contribution in [1.29, 1.82) is 0 Å². The fourth-order valence-corrected chi connectivity index (χ4v) is 2.70. The second kappa shape index (κ2) is 7.71. The first-order valence-electron chi connectivity index (χ1n) is 8.03. The summed E-state index contributed by atoms with van der Waals surface area (Å²) >= 11 is 1.52. The van der Waals surface area contributed by atoms with E-state index >= 15 is 0 Å². The molecule has 1 fully saturated rings. The van der Waals surface area contributed by atoms with Crippen molar-refractivity contribution in [1.82, 2.24) is 14.9 Å². The number of amides is 1. The molecular weight excluding hydrogens is 439 g/mol. The van der Waals surface area contributed by atoms with E-state index in [1.165, 1.54) is 35.4 Å².